The molecule has 1 saturated carbocycles. The smallest absolute Gasteiger partial charge is 0.224 e. The number of carbonyl (C=O) groups excluding carboxylic acids is 1. The molecular weight excluding hydrogens is 264 g/mol. The highest BCUT2D eigenvalue weighted by atomic mass is 16.1. The number of nitrogens with zero attached hydrogens (tertiary/aromatic N) is 2. The van der Waals surface area contributed by atoms with E-state index in [2.05, 4.69) is 42.7 Å². The average Bonchev–Trinajstić information content (AvgIpc) is 2.97. The van der Waals surface area contributed by atoms with Crippen LogP contribution in [0.5, 0.6) is 0 Å². The van der Waals surface area contributed by atoms with Crippen molar-refractivity contribution in [1.29, 1.82) is 0 Å². The van der Waals surface area contributed by atoms with Gasteiger partial charge in [-0.05, 0) is 33.6 Å². The highest BCUT2D eigenvalue weighted by Crippen LogP contribution is 2.27. The molecule has 0 aliphatic heterocycles. The van der Waals surface area contributed by atoms with E-state index in [1.807, 2.05) is 10.9 Å². The Labute approximate surface area is 127 Å². The number of hydrogen-bond acceptors (Lipinski definition) is 3. The molecule has 5 heteroatoms. The molecule has 1 aliphatic carbocycles. The molecule has 5 nitrogen and oxygen atoms in total. The summed E-state index contributed by atoms with van der Waals surface area (Å²) in [6.07, 6.45) is 8.42. The van der Waals surface area contributed by atoms with Gasteiger partial charge in [-0.2, -0.15) is 5.10 Å². The van der Waals surface area contributed by atoms with Gasteiger partial charge < -0.3 is 10.6 Å². The number of rotatable bonds is 5. The molecule has 1 aromatic heterocycles. The van der Waals surface area contributed by atoms with Crippen LogP contribution >= 0.6 is 0 Å². The van der Waals surface area contributed by atoms with E-state index in [9.17, 15) is 4.79 Å². The van der Waals surface area contributed by atoms with E-state index in [-0.39, 0.29) is 23.9 Å². The summed E-state index contributed by atoms with van der Waals surface area (Å²) in [5.74, 6) is 0.253. The topological polar surface area (TPSA) is 59.0 Å². The molecule has 1 heterocycles. The van der Waals surface area contributed by atoms with Crippen LogP contribution in [0.25, 0.3) is 0 Å². The first kappa shape index (κ1) is 16.0. The predicted molar refractivity (Wildman–Crippen MR) is 84.0 cm³/mol. The highest BCUT2D eigenvalue weighted by Gasteiger charge is 2.31. The van der Waals surface area contributed by atoms with Crippen LogP contribution in [0.1, 0.15) is 64.1 Å². The van der Waals surface area contributed by atoms with Crippen LogP contribution in [0.2, 0.25) is 0 Å². The summed E-state index contributed by atoms with van der Waals surface area (Å²) in [6.45, 7) is 6.40. The Bertz CT molecular complexity index is 469. The maximum Gasteiger partial charge on any atom is 0.224 e. The lowest BCUT2D eigenvalue weighted by Gasteiger charge is -2.33. The van der Waals surface area contributed by atoms with Crippen LogP contribution in [-0.4, -0.2) is 28.8 Å². The lowest BCUT2D eigenvalue weighted by molar-refractivity contribution is -0.126. The molecule has 0 unspecified atom stereocenters. The van der Waals surface area contributed by atoms with Gasteiger partial charge in [0.15, 0.2) is 0 Å². The summed E-state index contributed by atoms with van der Waals surface area (Å²) in [5, 5.41) is 10.8. The molecule has 1 aromatic rings. The Morgan fingerprint density at radius 1 is 1.33 bits per heavy atom. The second kappa shape index (κ2) is 7.07. The van der Waals surface area contributed by atoms with Crippen LogP contribution < -0.4 is 10.6 Å². The maximum atomic E-state index is 12.0. The van der Waals surface area contributed by atoms with Crippen LogP contribution in [0.3, 0.4) is 0 Å². The third-order valence-electron chi connectivity index (χ3n) is 4.46. The first-order valence-corrected chi connectivity index (χ1v) is 8.04. The Hall–Kier alpha value is -1.36. The van der Waals surface area contributed by atoms with E-state index in [0.717, 1.165) is 19.3 Å². The first-order chi connectivity index (χ1) is 10.0. The molecule has 0 radical (unpaired) electrons. The molecule has 1 fully saturated rings. The van der Waals surface area contributed by atoms with E-state index in [4.69, 9.17) is 0 Å². The normalized spacial score (nSPS) is 24.0. The number of amides is 1. The van der Waals surface area contributed by atoms with Crippen LogP contribution in [0, 0.1) is 5.92 Å². The number of aromatic nitrogens is 2. The molecule has 1 aliphatic rings. The van der Waals surface area contributed by atoms with Gasteiger partial charge >= 0.3 is 0 Å². The lowest BCUT2D eigenvalue weighted by Crippen LogP contribution is -2.46. The maximum absolute atomic E-state index is 12.0. The third kappa shape index (κ3) is 3.84. The van der Waals surface area contributed by atoms with Crippen molar-refractivity contribution in [1.82, 2.24) is 20.4 Å². The van der Waals surface area contributed by atoms with Gasteiger partial charge in [0.05, 0.1) is 12.1 Å². The zero-order valence-electron chi connectivity index (χ0n) is 13.6. The SMILES string of the molecule is CNC(=O)[C@@H]1CCCC[C@@H]1N[C@@H](C)c1cnn(C(C)C)c1. The van der Waals surface area contributed by atoms with Crippen molar-refractivity contribution in [2.75, 3.05) is 7.05 Å². The van der Waals surface area contributed by atoms with E-state index < -0.39 is 0 Å². The molecule has 21 heavy (non-hydrogen) atoms. The van der Waals surface area contributed by atoms with Crippen molar-refractivity contribution in [2.24, 2.45) is 5.92 Å². The summed E-state index contributed by atoms with van der Waals surface area (Å²) < 4.78 is 1.98. The Balaban J connectivity index is 2.02. The zero-order chi connectivity index (χ0) is 15.4. The fourth-order valence-corrected chi connectivity index (χ4v) is 3.11. The molecule has 3 atom stereocenters. The lowest BCUT2D eigenvalue weighted by atomic mass is 9.83. The number of carbonyl (C=O) groups is 1. The van der Waals surface area contributed by atoms with Gasteiger partial charge in [0, 0.05) is 36.9 Å². The van der Waals surface area contributed by atoms with Crippen molar-refractivity contribution in [2.45, 2.75) is 64.6 Å². The van der Waals surface area contributed by atoms with Gasteiger partial charge in [-0.25, -0.2) is 0 Å². The van der Waals surface area contributed by atoms with Gasteiger partial charge in [0.1, 0.15) is 0 Å². The average molecular weight is 292 g/mol. The highest BCUT2D eigenvalue weighted by molar-refractivity contribution is 5.79. The number of hydrogen-bond donors (Lipinski definition) is 2. The molecule has 1 amide bonds. The van der Waals surface area contributed by atoms with Crippen molar-refractivity contribution >= 4 is 5.91 Å². The summed E-state index contributed by atoms with van der Waals surface area (Å²) >= 11 is 0. The Kier molecular flexibility index (Phi) is 5.39. The number of nitrogens with one attached hydrogen (secondary N) is 2. The zero-order valence-corrected chi connectivity index (χ0v) is 13.6. The van der Waals surface area contributed by atoms with Crippen LogP contribution in [0.4, 0.5) is 0 Å². The second-order valence-corrected chi connectivity index (χ2v) is 6.35. The fraction of sp³-hybridized carbons (Fsp3) is 0.750. The summed E-state index contributed by atoms with van der Waals surface area (Å²) in [7, 11) is 1.73. The molecule has 118 valence electrons. The quantitative estimate of drug-likeness (QED) is 0.876. The van der Waals surface area contributed by atoms with E-state index >= 15 is 0 Å². The van der Waals surface area contributed by atoms with Crippen molar-refractivity contribution in [3.8, 4) is 0 Å². The molecule has 0 saturated heterocycles. The summed E-state index contributed by atoms with van der Waals surface area (Å²) in [6, 6.07) is 0.850. The first-order valence-electron chi connectivity index (χ1n) is 8.04. The summed E-state index contributed by atoms with van der Waals surface area (Å²) in [4.78, 5) is 12.0. The molecule has 2 N–H and O–H groups in total. The van der Waals surface area contributed by atoms with Gasteiger partial charge in [0.25, 0.3) is 0 Å². The minimum absolute atomic E-state index is 0.0892. The van der Waals surface area contributed by atoms with E-state index in [0.29, 0.717) is 6.04 Å². The van der Waals surface area contributed by atoms with E-state index in [1.54, 1.807) is 7.05 Å². The molecule has 2 rings (SSSR count). The predicted octanol–water partition coefficient (Wildman–Crippen LogP) is 2.42. The van der Waals surface area contributed by atoms with Crippen molar-refractivity contribution < 1.29 is 4.79 Å². The minimum atomic E-state index is 0.0892. The van der Waals surface area contributed by atoms with Gasteiger partial charge in [0.2, 0.25) is 5.91 Å². The molecular formula is C16H28N4O. The minimum Gasteiger partial charge on any atom is -0.359 e. The molecule has 0 spiro atoms. The van der Waals surface area contributed by atoms with Gasteiger partial charge in [-0.15, -0.1) is 0 Å². The summed E-state index contributed by atoms with van der Waals surface area (Å²) in [5.41, 5.74) is 1.19. The monoisotopic (exact) mass is 292 g/mol. The fourth-order valence-electron chi connectivity index (χ4n) is 3.11. The van der Waals surface area contributed by atoms with E-state index in [1.165, 1.54) is 12.0 Å². The van der Waals surface area contributed by atoms with Crippen molar-refractivity contribution in [3.05, 3.63) is 18.0 Å². The third-order valence-corrected chi connectivity index (χ3v) is 4.46. The van der Waals surface area contributed by atoms with Crippen molar-refractivity contribution in [3.63, 3.8) is 0 Å². The standard InChI is InChI=1S/C16H28N4O/c1-11(2)20-10-13(9-18-20)12(3)19-15-8-6-5-7-14(15)16(21)17-4/h9-12,14-15,19H,5-8H2,1-4H3,(H,17,21)/t12-,14+,15-/m0/s1. The van der Waals surface area contributed by atoms with Crippen LogP contribution in [-0.2, 0) is 4.79 Å². The molecule has 0 aromatic carbocycles. The largest absolute Gasteiger partial charge is 0.359 e. The molecule has 0 bridgehead atoms. The Morgan fingerprint density at radius 3 is 2.67 bits per heavy atom. The second-order valence-electron chi connectivity index (χ2n) is 6.35. The van der Waals surface area contributed by atoms with Crippen LogP contribution in [0.15, 0.2) is 12.4 Å². The van der Waals surface area contributed by atoms with Gasteiger partial charge in [-0.1, -0.05) is 12.8 Å². The Morgan fingerprint density at radius 2 is 2.05 bits per heavy atom. The van der Waals surface area contributed by atoms with Gasteiger partial charge in [-0.3, -0.25) is 9.48 Å².